The summed E-state index contributed by atoms with van der Waals surface area (Å²) in [5.74, 6) is -1.05. The van der Waals surface area contributed by atoms with Crippen LogP contribution in [0.2, 0.25) is 5.02 Å². The second-order valence-electron chi connectivity index (χ2n) is 10.6. The molecule has 0 radical (unpaired) electrons. The van der Waals surface area contributed by atoms with Gasteiger partial charge in [-0.2, -0.15) is 0 Å². The maximum absolute atomic E-state index is 13.3. The molecule has 2 N–H and O–H groups in total. The second kappa shape index (κ2) is 11.8. The molecule has 0 saturated carbocycles. The molecule has 218 valence electrons. The summed E-state index contributed by atoms with van der Waals surface area (Å²) in [5, 5.41) is 14.6. The minimum Gasteiger partial charge on any atom is -0.507 e. The number of hydrogen-bond donors (Lipinski definition) is 2. The molecule has 10 heteroatoms. The molecule has 1 spiro atoms. The summed E-state index contributed by atoms with van der Waals surface area (Å²) in [6.07, 6.45) is 3.69. The SMILES string of the molecule is C=Cc1cc(-c2cccc(S(C)(=O)=O)c2)c(Cl)cc1C1=C(O)C2(CCCN(CC(=O)NCc3ccccc3)C2)OC1=O. The Morgan fingerprint density at radius 3 is 2.62 bits per heavy atom. The summed E-state index contributed by atoms with van der Waals surface area (Å²) >= 11 is 6.67. The van der Waals surface area contributed by atoms with E-state index in [1.165, 1.54) is 12.1 Å². The number of aliphatic hydroxyl groups excluding tert-OH is 1. The lowest BCUT2D eigenvalue weighted by Crippen LogP contribution is -2.52. The molecule has 0 aromatic heterocycles. The average molecular weight is 607 g/mol. The van der Waals surface area contributed by atoms with Crippen LogP contribution in [0.15, 0.2) is 84.0 Å². The summed E-state index contributed by atoms with van der Waals surface area (Å²) < 4.78 is 30.0. The number of esters is 1. The number of nitrogens with zero attached hydrogens (tertiary/aromatic N) is 1. The zero-order chi connectivity index (χ0) is 30.1. The highest BCUT2D eigenvalue weighted by molar-refractivity contribution is 7.90. The maximum Gasteiger partial charge on any atom is 0.343 e. The molecule has 3 aromatic carbocycles. The Balaban J connectivity index is 1.41. The van der Waals surface area contributed by atoms with E-state index in [0.717, 1.165) is 11.8 Å². The van der Waals surface area contributed by atoms with Gasteiger partial charge in [0.25, 0.3) is 0 Å². The van der Waals surface area contributed by atoms with Gasteiger partial charge in [-0.3, -0.25) is 9.69 Å². The summed E-state index contributed by atoms with van der Waals surface area (Å²) in [4.78, 5) is 27.9. The maximum atomic E-state index is 13.3. The van der Waals surface area contributed by atoms with Crippen LogP contribution >= 0.6 is 11.6 Å². The van der Waals surface area contributed by atoms with E-state index in [1.54, 1.807) is 30.3 Å². The predicted molar refractivity (Wildman–Crippen MR) is 162 cm³/mol. The fourth-order valence-electron chi connectivity index (χ4n) is 5.50. The molecule has 1 atom stereocenters. The van der Waals surface area contributed by atoms with Crippen LogP contribution in [-0.4, -0.2) is 61.8 Å². The molecule has 2 aliphatic heterocycles. The van der Waals surface area contributed by atoms with Crippen molar-refractivity contribution in [2.24, 2.45) is 0 Å². The first-order valence-electron chi connectivity index (χ1n) is 13.5. The Morgan fingerprint density at radius 2 is 1.90 bits per heavy atom. The van der Waals surface area contributed by atoms with Crippen LogP contribution in [0.1, 0.15) is 29.5 Å². The first-order chi connectivity index (χ1) is 20.0. The number of amides is 1. The predicted octanol–water partition coefficient (Wildman–Crippen LogP) is 5.03. The highest BCUT2D eigenvalue weighted by atomic mass is 35.5. The zero-order valence-corrected chi connectivity index (χ0v) is 24.7. The van der Waals surface area contributed by atoms with Gasteiger partial charge in [0.1, 0.15) is 5.57 Å². The standard InChI is InChI=1S/C32H31ClN2O6S/c1-3-22-16-25(23-11-7-12-24(15-23)42(2,39)40)27(33)17-26(22)29-30(37)32(41-31(29)38)13-8-14-35(20-32)19-28(36)34-18-21-9-5-4-6-10-21/h3-7,9-12,15-17,37H,1,8,13-14,18-20H2,2H3,(H,34,36). The number of nitrogens with one attached hydrogen (secondary N) is 1. The minimum absolute atomic E-state index is 0.00128. The lowest BCUT2D eigenvalue weighted by Gasteiger charge is -2.38. The van der Waals surface area contributed by atoms with E-state index >= 15 is 0 Å². The lowest BCUT2D eigenvalue weighted by atomic mass is 9.87. The highest BCUT2D eigenvalue weighted by Crippen LogP contribution is 2.44. The number of likely N-dealkylation sites (tertiary alicyclic amines) is 1. The quantitative estimate of drug-likeness (QED) is 0.346. The summed E-state index contributed by atoms with van der Waals surface area (Å²) in [6, 6.07) is 19.3. The summed E-state index contributed by atoms with van der Waals surface area (Å²) in [6.45, 7) is 5.16. The molecule has 5 rings (SSSR count). The summed E-state index contributed by atoms with van der Waals surface area (Å²) in [7, 11) is -3.44. The van der Waals surface area contributed by atoms with Crippen molar-refractivity contribution in [3.63, 3.8) is 0 Å². The van der Waals surface area contributed by atoms with Gasteiger partial charge >= 0.3 is 5.97 Å². The van der Waals surface area contributed by atoms with Crippen LogP contribution in [0.5, 0.6) is 0 Å². The number of carbonyl (C=O) groups is 2. The molecule has 1 unspecified atom stereocenters. The average Bonchev–Trinajstić information content (AvgIpc) is 3.19. The number of piperidine rings is 1. The monoisotopic (exact) mass is 606 g/mol. The van der Waals surface area contributed by atoms with Crippen molar-refractivity contribution in [3.8, 4) is 11.1 Å². The van der Waals surface area contributed by atoms with Gasteiger partial charge in [-0.1, -0.05) is 66.7 Å². The Kier molecular flexibility index (Phi) is 8.28. The molecule has 3 aromatic rings. The van der Waals surface area contributed by atoms with Gasteiger partial charge in [0.05, 0.1) is 11.4 Å². The van der Waals surface area contributed by atoms with Gasteiger partial charge < -0.3 is 15.2 Å². The van der Waals surface area contributed by atoms with E-state index in [2.05, 4.69) is 11.9 Å². The molecule has 8 nitrogen and oxygen atoms in total. The van der Waals surface area contributed by atoms with Crippen LogP contribution in [-0.2, 0) is 30.7 Å². The number of benzene rings is 3. The molecule has 42 heavy (non-hydrogen) atoms. The van der Waals surface area contributed by atoms with E-state index in [1.807, 2.05) is 35.2 Å². The van der Waals surface area contributed by atoms with E-state index in [-0.39, 0.29) is 40.2 Å². The number of carbonyl (C=O) groups excluding carboxylic acids is 2. The van der Waals surface area contributed by atoms with Crippen molar-refractivity contribution in [3.05, 3.63) is 101 Å². The number of halogens is 1. The third kappa shape index (κ3) is 5.99. The van der Waals surface area contributed by atoms with Crippen LogP contribution in [0.4, 0.5) is 0 Å². The smallest absolute Gasteiger partial charge is 0.343 e. The third-order valence-corrected chi connectivity index (χ3v) is 9.02. The first-order valence-corrected chi connectivity index (χ1v) is 15.7. The number of sulfone groups is 1. The molecular weight excluding hydrogens is 576 g/mol. The van der Waals surface area contributed by atoms with Gasteiger partial charge in [-0.15, -0.1) is 0 Å². The van der Waals surface area contributed by atoms with Crippen molar-refractivity contribution in [2.75, 3.05) is 25.9 Å². The van der Waals surface area contributed by atoms with E-state index in [9.17, 15) is 23.1 Å². The van der Waals surface area contributed by atoms with Crippen molar-refractivity contribution < 1.29 is 27.9 Å². The Labute approximate surface area is 250 Å². The largest absolute Gasteiger partial charge is 0.507 e. The van der Waals surface area contributed by atoms with Crippen molar-refractivity contribution in [1.82, 2.24) is 10.2 Å². The van der Waals surface area contributed by atoms with E-state index in [0.29, 0.717) is 48.2 Å². The topological polar surface area (TPSA) is 113 Å². The Morgan fingerprint density at radius 1 is 1.14 bits per heavy atom. The third-order valence-electron chi connectivity index (χ3n) is 7.60. The minimum atomic E-state index is -3.44. The molecule has 2 heterocycles. The lowest BCUT2D eigenvalue weighted by molar-refractivity contribution is -0.152. The van der Waals surface area contributed by atoms with E-state index < -0.39 is 21.4 Å². The zero-order valence-electron chi connectivity index (χ0n) is 23.1. The summed E-state index contributed by atoms with van der Waals surface area (Å²) in [5.41, 5.74) is 1.71. The van der Waals surface area contributed by atoms with Crippen LogP contribution in [0, 0.1) is 0 Å². The van der Waals surface area contributed by atoms with Gasteiger partial charge in [0.2, 0.25) is 5.91 Å². The van der Waals surface area contributed by atoms with Crippen LogP contribution in [0.3, 0.4) is 0 Å². The number of rotatable bonds is 8. The second-order valence-corrected chi connectivity index (χ2v) is 13.0. The Bertz CT molecular complexity index is 1700. The van der Waals surface area contributed by atoms with Gasteiger partial charge in [-0.25, -0.2) is 13.2 Å². The highest BCUT2D eigenvalue weighted by Gasteiger charge is 2.51. The molecule has 1 amide bonds. The Hall–Kier alpha value is -3.92. The van der Waals surface area contributed by atoms with Crippen LogP contribution in [0.25, 0.3) is 22.8 Å². The van der Waals surface area contributed by atoms with E-state index in [4.69, 9.17) is 16.3 Å². The van der Waals surface area contributed by atoms with Gasteiger partial charge in [0, 0.05) is 35.5 Å². The van der Waals surface area contributed by atoms with Crippen LogP contribution < -0.4 is 5.32 Å². The fraction of sp³-hybridized carbons (Fsp3) is 0.250. The first kappa shape index (κ1) is 29.6. The number of aliphatic hydroxyl groups is 1. The number of ether oxygens (including phenoxy) is 1. The molecule has 0 aliphatic carbocycles. The van der Waals surface area contributed by atoms with Crippen molar-refractivity contribution >= 4 is 45.0 Å². The molecule has 2 aliphatic rings. The molecule has 1 fully saturated rings. The van der Waals surface area contributed by atoms with Gasteiger partial charge in [0.15, 0.2) is 21.2 Å². The number of hydrogen-bond acceptors (Lipinski definition) is 7. The molecule has 1 saturated heterocycles. The molecular formula is C32H31ClN2O6S. The van der Waals surface area contributed by atoms with Crippen molar-refractivity contribution in [2.45, 2.75) is 29.9 Å². The normalized spacial score (nSPS) is 19.1. The molecule has 0 bridgehead atoms. The van der Waals surface area contributed by atoms with Crippen molar-refractivity contribution in [1.29, 1.82) is 0 Å². The van der Waals surface area contributed by atoms with Gasteiger partial charge in [-0.05, 0) is 60.3 Å². The fourth-order valence-corrected chi connectivity index (χ4v) is 6.44.